The first-order chi connectivity index (χ1) is 9.83. The SMILES string of the molecule is CCN(CC(C)(C)O)c1c([N+](=O)[O-])cnc2ccccc12. The molecule has 1 heterocycles. The molecule has 0 spiro atoms. The molecule has 1 N–H and O–H groups in total. The van der Waals surface area contributed by atoms with Crippen LogP contribution < -0.4 is 4.90 Å². The van der Waals surface area contributed by atoms with Gasteiger partial charge < -0.3 is 10.0 Å². The lowest BCUT2D eigenvalue weighted by molar-refractivity contribution is -0.384. The zero-order valence-corrected chi connectivity index (χ0v) is 12.4. The minimum atomic E-state index is -0.950. The summed E-state index contributed by atoms with van der Waals surface area (Å²) in [6.07, 6.45) is 1.28. The smallest absolute Gasteiger partial charge is 0.311 e. The van der Waals surface area contributed by atoms with Crippen molar-refractivity contribution in [3.05, 3.63) is 40.6 Å². The summed E-state index contributed by atoms with van der Waals surface area (Å²) in [4.78, 5) is 16.9. The molecule has 2 aromatic rings. The molecule has 0 aliphatic heterocycles. The van der Waals surface area contributed by atoms with Gasteiger partial charge in [0.15, 0.2) is 0 Å². The highest BCUT2D eigenvalue weighted by Crippen LogP contribution is 2.35. The Balaban J connectivity index is 2.67. The second-order valence-electron chi connectivity index (χ2n) is 5.59. The molecule has 21 heavy (non-hydrogen) atoms. The summed E-state index contributed by atoms with van der Waals surface area (Å²) in [5, 5.41) is 22.1. The number of pyridine rings is 1. The Morgan fingerprint density at radius 3 is 2.62 bits per heavy atom. The molecular weight excluding hydrogens is 270 g/mol. The van der Waals surface area contributed by atoms with Gasteiger partial charge in [-0.1, -0.05) is 18.2 Å². The van der Waals surface area contributed by atoms with Crippen LogP contribution >= 0.6 is 0 Å². The summed E-state index contributed by atoms with van der Waals surface area (Å²) in [5.41, 5.74) is 0.219. The van der Waals surface area contributed by atoms with E-state index in [2.05, 4.69) is 4.98 Å². The summed E-state index contributed by atoms with van der Waals surface area (Å²) in [7, 11) is 0. The molecule has 0 bridgehead atoms. The Morgan fingerprint density at radius 2 is 2.05 bits per heavy atom. The Hall–Kier alpha value is -2.21. The van der Waals surface area contributed by atoms with Gasteiger partial charge in [-0.15, -0.1) is 0 Å². The molecule has 112 valence electrons. The first-order valence-electron chi connectivity index (χ1n) is 6.83. The molecule has 1 aromatic carbocycles. The van der Waals surface area contributed by atoms with E-state index < -0.39 is 10.5 Å². The van der Waals surface area contributed by atoms with E-state index in [1.807, 2.05) is 36.1 Å². The summed E-state index contributed by atoms with van der Waals surface area (Å²) in [6.45, 7) is 6.14. The third-order valence-corrected chi connectivity index (χ3v) is 3.20. The first kappa shape index (κ1) is 15.2. The van der Waals surface area contributed by atoms with Gasteiger partial charge in [-0.3, -0.25) is 10.1 Å². The molecule has 0 radical (unpaired) electrons. The van der Waals surface area contributed by atoms with Crippen molar-refractivity contribution in [2.45, 2.75) is 26.4 Å². The van der Waals surface area contributed by atoms with E-state index >= 15 is 0 Å². The van der Waals surface area contributed by atoms with Crippen molar-refractivity contribution in [3.63, 3.8) is 0 Å². The van der Waals surface area contributed by atoms with Crippen molar-refractivity contribution in [2.75, 3.05) is 18.0 Å². The van der Waals surface area contributed by atoms with Crippen LogP contribution in [0.25, 0.3) is 10.9 Å². The molecule has 0 amide bonds. The average molecular weight is 289 g/mol. The van der Waals surface area contributed by atoms with Gasteiger partial charge in [0.25, 0.3) is 0 Å². The number of nitro groups is 1. The van der Waals surface area contributed by atoms with E-state index in [4.69, 9.17) is 0 Å². The van der Waals surface area contributed by atoms with Crippen molar-refractivity contribution < 1.29 is 10.0 Å². The number of likely N-dealkylation sites (N-methyl/N-ethyl adjacent to an activating group) is 1. The van der Waals surface area contributed by atoms with Crippen LogP contribution in [0.4, 0.5) is 11.4 Å². The van der Waals surface area contributed by atoms with Gasteiger partial charge in [-0.2, -0.15) is 0 Å². The molecule has 0 aliphatic carbocycles. The number of hydrogen-bond acceptors (Lipinski definition) is 5. The largest absolute Gasteiger partial charge is 0.389 e. The maximum Gasteiger partial charge on any atom is 0.311 e. The first-order valence-corrected chi connectivity index (χ1v) is 6.83. The van der Waals surface area contributed by atoms with Crippen LogP contribution in [0.3, 0.4) is 0 Å². The molecule has 6 nitrogen and oxygen atoms in total. The standard InChI is InChI=1S/C15H19N3O3/c1-4-17(10-15(2,3)19)14-11-7-5-6-8-12(11)16-9-13(14)18(20)21/h5-9,19H,4,10H2,1-3H3. The monoisotopic (exact) mass is 289 g/mol. The second-order valence-corrected chi connectivity index (χ2v) is 5.59. The normalized spacial score (nSPS) is 11.6. The van der Waals surface area contributed by atoms with Crippen molar-refractivity contribution in [1.29, 1.82) is 0 Å². The van der Waals surface area contributed by atoms with Crippen LogP contribution in [0.1, 0.15) is 20.8 Å². The van der Waals surface area contributed by atoms with Gasteiger partial charge in [0.2, 0.25) is 0 Å². The lowest BCUT2D eigenvalue weighted by Crippen LogP contribution is -2.39. The Labute approximate surface area is 123 Å². The van der Waals surface area contributed by atoms with Gasteiger partial charge in [-0.05, 0) is 26.8 Å². The zero-order valence-electron chi connectivity index (χ0n) is 12.4. The fraction of sp³-hybridized carbons (Fsp3) is 0.400. The van der Waals surface area contributed by atoms with Gasteiger partial charge >= 0.3 is 5.69 Å². The third kappa shape index (κ3) is 3.28. The van der Waals surface area contributed by atoms with Gasteiger partial charge in [0.05, 0.1) is 16.0 Å². The van der Waals surface area contributed by atoms with E-state index in [1.165, 1.54) is 6.20 Å². The number of rotatable bonds is 5. The quantitative estimate of drug-likeness (QED) is 0.676. The molecule has 0 fully saturated rings. The highest BCUT2D eigenvalue weighted by Gasteiger charge is 2.26. The average Bonchev–Trinajstić information content (AvgIpc) is 2.42. The number of nitrogens with zero attached hydrogens (tertiary/aromatic N) is 3. The zero-order chi connectivity index (χ0) is 15.6. The molecule has 0 unspecified atom stereocenters. The van der Waals surface area contributed by atoms with Crippen LogP contribution in [0.15, 0.2) is 30.5 Å². The second kappa shape index (κ2) is 5.65. The molecule has 0 atom stereocenters. The van der Waals surface area contributed by atoms with Crippen molar-refractivity contribution in [2.24, 2.45) is 0 Å². The summed E-state index contributed by atoms with van der Waals surface area (Å²) >= 11 is 0. The van der Waals surface area contributed by atoms with E-state index in [0.29, 0.717) is 24.3 Å². The highest BCUT2D eigenvalue weighted by atomic mass is 16.6. The third-order valence-electron chi connectivity index (χ3n) is 3.20. The van der Waals surface area contributed by atoms with Crippen molar-refractivity contribution in [1.82, 2.24) is 4.98 Å². The Bertz CT molecular complexity index is 665. The van der Waals surface area contributed by atoms with Crippen LogP contribution in [0.2, 0.25) is 0 Å². The summed E-state index contributed by atoms with van der Waals surface area (Å²) < 4.78 is 0. The fourth-order valence-corrected chi connectivity index (χ4v) is 2.40. The number of para-hydroxylation sites is 1. The number of aromatic nitrogens is 1. The molecule has 0 aliphatic rings. The van der Waals surface area contributed by atoms with Gasteiger partial charge in [0.1, 0.15) is 11.9 Å². The van der Waals surface area contributed by atoms with E-state index in [-0.39, 0.29) is 5.69 Å². The summed E-state index contributed by atoms with van der Waals surface area (Å²) in [5.74, 6) is 0. The van der Waals surface area contributed by atoms with E-state index in [0.717, 1.165) is 5.39 Å². The molecular formula is C15H19N3O3. The topological polar surface area (TPSA) is 79.5 Å². The van der Waals surface area contributed by atoms with E-state index in [1.54, 1.807) is 13.8 Å². The van der Waals surface area contributed by atoms with Gasteiger partial charge in [-0.25, -0.2) is 4.98 Å². The molecule has 1 aromatic heterocycles. The van der Waals surface area contributed by atoms with Crippen molar-refractivity contribution in [3.8, 4) is 0 Å². The number of benzene rings is 1. The number of hydrogen-bond donors (Lipinski definition) is 1. The van der Waals surface area contributed by atoms with Crippen LogP contribution in [-0.2, 0) is 0 Å². The molecule has 0 saturated heterocycles. The number of anilines is 1. The van der Waals surface area contributed by atoms with Crippen LogP contribution in [0, 0.1) is 10.1 Å². The fourth-order valence-electron chi connectivity index (χ4n) is 2.40. The minimum Gasteiger partial charge on any atom is -0.389 e. The maximum atomic E-state index is 11.3. The highest BCUT2D eigenvalue weighted by molar-refractivity contribution is 5.96. The predicted octanol–water partition coefficient (Wildman–Crippen LogP) is 2.74. The van der Waals surface area contributed by atoms with Crippen LogP contribution in [-0.4, -0.2) is 33.7 Å². The van der Waals surface area contributed by atoms with E-state index in [9.17, 15) is 15.2 Å². The maximum absolute atomic E-state index is 11.3. The molecule has 2 rings (SSSR count). The lowest BCUT2D eigenvalue weighted by atomic mass is 10.1. The molecule has 6 heteroatoms. The van der Waals surface area contributed by atoms with Gasteiger partial charge in [0, 0.05) is 18.5 Å². The lowest BCUT2D eigenvalue weighted by Gasteiger charge is -2.30. The summed E-state index contributed by atoms with van der Waals surface area (Å²) in [6, 6.07) is 7.31. The van der Waals surface area contributed by atoms with Crippen LogP contribution in [0.5, 0.6) is 0 Å². The number of fused-ring (bicyclic) bond motifs is 1. The predicted molar refractivity (Wildman–Crippen MR) is 82.6 cm³/mol. The Kier molecular flexibility index (Phi) is 4.09. The Morgan fingerprint density at radius 1 is 1.38 bits per heavy atom. The number of aliphatic hydroxyl groups is 1. The van der Waals surface area contributed by atoms with Crippen molar-refractivity contribution >= 4 is 22.3 Å². The molecule has 0 saturated carbocycles. The minimum absolute atomic E-state index is 0.0419.